The van der Waals surface area contributed by atoms with Crippen molar-refractivity contribution >= 4 is 15.9 Å². The van der Waals surface area contributed by atoms with E-state index in [4.69, 9.17) is 10.5 Å². The van der Waals surface area contributed by atoms with E-state index in [9.17, 15) is 0 Å². The molecule has 0 spiro atoms. The smallest absolute Gasteiger partial charge is 0.125 e. The molecule has 0 aliphatic rings. The van der Waals surface area contributed by atoms with E-state index in [1.54, 1.807) is 0 Å². The van der Waals surface area contributed by atoms with Gasteiger partial charge in [0.25, 0.3) is 0 Å². The summed E-state index contributed by atoms with van der Waals surface area (Å²) in [6.45, 7) is 4.61. The number of rotatable bonds is 4. The summed E-state index contributed by atoms with van der Waals surface area (Å²) in [6, 6.07) is 14.1. The van der Waals surface area contributed by atoms with Gasteiger partial charge in [-0.25, -0.2) is 0 Å². The first-order valence-electron chi connectivity index (χ1n) is 6.30. The molecule has 3 heteroatoms. The molecule has 2 aromatic carbocycles. The van der Waals surface area contributed by atoms with Crippen molar-refractivity contribution in [3.8, 4) is 5.75 Å². The van der Waals surface area contributed by atoms with Crippen LogP contribution in [0.2, 0.25) is 0 Å². The summed E-state index contributed by atoms with van der Waals surface area (Å²) in [5, 5.41) is 0. The molecule has 0 aliphatic heterocycles. The van der Waals surface area contributed by atoms with E-state index in [0.717, 1.165) is 15.8 Å². The van der Waals surface area contributed by atoms with Crippen LogP contribution in [0.3, 0.4) is 0 Å². The zero-order valence-electron chi connectivity index (χ0n) is 11.2. The van der Waals surface area contributed by atoms with Gasteiger partial charge in [0.2, 0.25) is 0 Å². The maximum Gasteiger partial charge on any atom is 0.125 e. The van der Waals surface area contributed by atoms with Crippen molar-refractivity contribution in [2.45, 2.75) is 26.5 Å². The highest BCUT2D eigenvalue weighted by atomic mass is 79.9. The average Bonchev–Trinajstić information content (AvgIpc) is 2.37. The van der Waals surface area contributed by atoms with E-state index in [0.29, 0.717) is 6.61 Å². The van der Waals surface area contributed by atoms with E-state index in [1.165, 1.54) is 11.1 Å². The normalized spacial score (nSPS) is 12.2. The van der Waals surface area contributed by atoms with Crippen LogP contribution < -0.4 is 10.5 Å². The van der Waals surface area contributed by atoms with Crippen LogP contribution >= 0.6 is 15.9 Å². The van der Waals surface area contributed by atoms with Crippen LogP contribution in [0.4, 0.5) is 0 Å². The Hall–Kier alpha value is -1.32. The van der Waals surface area contributed by atoms with E-state index in [-0.39, 0.29) is 6.04 Å². The molecule has 2 aromatic rings. The first kappa shape index (κ1) is 14.1. The number of ether oxygens (including phenoxy) is 1. The Morgan fingerprint density at radius 1 is 1.21 bits per heavy atom. The molecule has 0 radical (unpaired) electrons. The van der Waals surface area contributed by atoms with Gasteiger partial charge in [-0.3, -0.25) is 0 Å². The number of hydrogen-bond acceptors (Lipinski definition) is 2. The second-order valence-corrected chi connectivity index (χ2v) is 5.60. The molecular weight excluding hydrogens is 302 g/mol. The molecule has 0 aromatic heterocycles. The second-order valence-electron chi connectivity index (χ2n) is 4.69. The summed E-state index contributed by atoms with van der Waals surface area (Å²) in [5.74, 6) is 0.840. The molecule has 0 unspecified atom stereocenters. The number of hydrogen-bond donors (Lipinski definition) is 1. The van der Waals surface area contributed by atoms with Gasteiger partial charge in [0.05, 0.1) is 0 Å². The molecule has 0 heterocycles. The summed E-state index contributed by atoms with van der Waals surface area (Å²) in [4.78, 5) is 0. The van der Waals surface area contributed by atoms with Gasteiger partial charge in [-0.05, 0) is 37.1 Å². The lowest BCUT2D eigenvalue weighted by atomic mass is 10.1. The maximum atomic E-state index is 5.97. The Kier molecular flexibility index (Phi) is 4.61. The Morgan fingerprint density at radius 2 is 1.95 bits per heavy atom. The lowest BCUT2D eigenvalue weighted by Crippen LogP contribution is -2.08. The Bertz CT molecular complexity index is 566. The highest BCUT2D eigenvalue weighted by Crippen LogP contribution is 2.28. The van der Waals surface area contributed by atoms with Crippen molar-refractivity contribution in [2.24, 2.45) is 5.73 Å². The third-order valence-corrected chi connectivity index (χ3v) is 3.60. The van der Waals surface area contributed by atoms with Crippen molar-refractivity contribution in [2.75, 3.05) is 0 Å². The van der Waals surface area contributed by atoms with E-state index in [2.05, 4.69) is 35.0 Å². The zero-order valence-corrected chi connectivity index (χ0v) is 12.8. The molecule has 0 amide bonds. The third kappa shape index (κ3) is 3.58. The van der Waals surface area contributed by atoms with Gasteiger partial charge in [-0.2, -0.15) is 0 Å². The Balaban J connectivity index is 2.19. The molecule has 19 heavy (non-hydrogen) atoms. The fourth-order valence-electron chi connectivity index (χ4n) is 1.94. The molecule has 0 bridgehead atoms. The van der Waals surface area contributed by atoms with Crippen molar-refractivity contribution in [3.05, 3.63) is 63.6 Å². The van der Waals surface area contributed by atoms with Gasteiger partial charge in [0, 0.05) is 16.1 Å². The van der Waals surface area contributed by atoms with E-state index in [1.807, 2.05) is 37.3 Å². The molecule has 0 saturated carbocycles. The van der Waals surface area contributed by atoms with Gasteiger partial charge < -0.3 is 10.5 Å². The first-order valence-corrected chi connectivity index (χ1v) is 7.09. The van der Waals surface area contributed by atoms with Gasteiger partial charge in [-0.1, -0.05) is 46.3 Å². The molecule has 2 N–H and O–H groups in total. The lowest BCUT2D eigenvalue weighted by Gasteiger charge is -2.15. The first-order chi connectivity index (χ1) is 9.08. The summed E-state index contributed by atoms with van der Waals surface area (Å²) < 4.78 is 6.93. The molecule has 2 rings (SSSR count). The number of aryl methyl sites for hydroxylation is 1. The molecule has 0 fully saturated rings. The standard InChI is InChI=1S/C16H18BrNO/c1-11-5-3-4-6-13(11)10-19-16-9-14(17)7-8-15(16)12(2)18/h3-9,12H,10,18H2,1-2H3/t12-/m1/s1. The molecule has 100 valence electrons. The fraction of sp³-hybridized carbons (Fsp3) is 0.250. The van der Waals surface area contributed by atoms with Gasteiger partial charge in [0.1, 0.15) is 12.4 Å². The summed E-state index contributed by atoms with van der Waals surface area (Å²) in [5.41, 5.74) is 9.42. The Labute approximate surface area is 122 Å². The van der Waals surface area contributed by atoms with Crippen molar-refractivity contribution in [1.29, 1.82) is 0 Å². The van der Waals surface area contributed by atoms with E-state index < -0.39 is 0 Å². The second kappa shape index (κ2) is 6.22. The zero-order chi connectivity index (χ0) is 13.8. The van der Waals surface area contributed by atoms with Crippen LogP contribution in [0.1, 0.15) is 29.7 Å². The molecule has 1 atom stereocenters. The highest BCUT2D eigenvalue weighted by molar-refractivity contribution is 9.10. The summed E-state index contributed by atoms with van der Waals surface area (Å²) >= 11 is 3.47. The minimum absolute atomic E-state index is 0.0417. The number of halogens is 1. The topological polar surface area (TPSA) is 35.2 Å². The van der Waals surface area contributed by atoms with Gasteiger partial charge in [-0.15, -0.1) is 0 Å². The predicted octanol–water partition coefficient (Wildman–Crippen LogP) is 4.36. The quantitative estimate of drug-likeness (QED) is 0.908. The van der Waals surface area contributed by atoms with Crippen LogP contribution in [-0.4, -0.2) is 0 Å². The summed E-state index contributed by atoms with van der Waals surface area (Å²) in [7, 11) is 0. The number of nitrogens with two attached hydrogens (primary N) is 1. The molecule has 0 saturated heterocycles. The van der Waals surface area contributed by atoms with Crippen LogP contribution in [0.25, 0.3) is 0 Å². The lowest BCUT2D eigenvalue weighted by molar-refractivity contribution is 0.300. The van der Waals surface area contributed by atoms with Crippen LogP contribution in [0, 0.1) is 6.92 Å². The van der Waals surface area contributed by atoms with Gasteiger partial charge in [0.15, 0.2) is 0 Å². The van der Waals surface area contributed by atoms with Crippen LogP contribution in [-0.2, 0) is 6.61 Å². The third-order valence-electron chi connectivity index (χ3n) is 3.11. The van der Waals surface area contributed by atoms with E-state index >= 15 is 0 Å². The fourth-order valence-corrected chi connectivity index (χ4v) is 2.28. The highest BCUT2D eigenvalue weighted by Gasteiger charge is 2.09. The monoisotopic (exact) mass is 319 g/mol. The van der Waals surface area contributed by atoms with Crippen molar-refractivity contribution < 1.29 is 4.74 Å². The summed E-state index contributed by atoms with van der Waals surface area (Å²) in [6.07, 6.45) is 0. The van der Waals surface area contributed by atoms with Crippen LogP contribution in [0.5, 0.6) is 5.75 Å². The molecular formula is C16H18BrNO. The van der Waals surface area contributed by atoms with Crippen molar-refractivity contribution in [1.82, 2.24) is 0 Å². The molecule has 0 aliphatic carbocycles. The molecule has 2 nitrogen and oxygen atoms in total. The number of benzene rings is 2. The Morgan fingerprint density at radius 3 is 2.63 bits per heavy atom. The average molecular weight is 320 g/mol. The predicted molar refractivity (Wildman–Crippen MR) is 82.3 cm³/mol. The maximum absolute atomic E-state index is 5.97. The van der Waals surface area contributed by atoms with Crippen molar-refractivity contribution in [3.63, 3.8) is 0 Å². The minimum Gasteiger partial charge on any atom is -0.489 e. The van der Waals surface area contributed by atoms with Gasteiger partial charge >= 0.3 is 0 Å². The van der Waals surface area contributed by atoms with Crippen LogP contribution in [0.15, 0.2) is 46.9 Å². The SMILES string of the molecule is Cc1ccccc1COc1cc(Br)ccc1[C@@H](C)N. The largest absolute Gasteiger partial charge is 0.489 e. The minimum atomic E-state index is -0.0417.